The molecule has 9 heteroatoms. The summed E-state index contributed by atoms with van der Waals surface area (Å²) in [7, 11) is 5.63. The Balaban J connectivity index is 1.34. The summed E-state index contributed by atoms with van der Waals surface area (Å²) in [5.74, 6) is 0.875. The van der Waals surface area contributed by atoms with E-state index in [-0.39, 0.29) is 24.4 Å². The molecule has 4 amide bonds. The van der Waals surface area contributed by atoms with E-state index in [2.05, 4.69) is 5.32 Å². The van der Waals surface area contributed by atoms with Gasteiger partial charge in [0, 0.05) is 33.1 Å². The van der Waals surface area contributed by atoms with Crippen LogP contribution in [0.3, 0.4) is 0 Å². The number of urea groups is 1. The number of benzene rings is 4. The van der Waals surface area contributed by atoms with Gasteiger partial charge < -0.3 is 24.8 Å². The third-order valence-corrected chi connectivity index (χ3v) is 8.84. The standard InChI is InChI=1S/C39H41N5O4/c1-41(2)22-23-43(26-29-16-9-5-10-17-29)37(45)33(24-28-14-7-4-8-15-28)44-27-34-35(38(44)46)36(40-39(47)42(34)3)30-18-13-21-32(25-30)48-31-19-11-6-12-20-31/h4-21,25,33,36H,22-24,26-27H2,1-3H3,(H,40,47)/t33-,36+/m0/s1. The molecule has 0 spiro atoms. The summed E-state index contributed by atoms with van der Waals surface area (Å²) in [6.07, 6.45) is 0.343. The summed E-state index contributed by atoms with van der Waals surface area (Å²) in [6, 6.07) is 34.7. The fraction of sp³-hybridized carbons (Fsp3) is 0.256. The molecule has 2 aliphatic heterocycles. The minimum Gasteiger partial charge on any atom is -0.457 e. The van der Waals surface area contributed by atoms with Crippen molar-refractivity contribution in [3.63, 3.8) is 0 Å². The normalized spacial score (nSPS) is 16.5. The minimum absolute atomic E-state index is 0.130. The molecular weight excluding hydrogens is 602 g/mol. The number of nitrogens with one attached hydrogen (secondary N) is 1. The molecule has 0 radical (unpaired) electrons. The maximum absolute atomic E-state index is 14.7. The fourth-order valence-corrected chi connectivity index (χ4v) is 6.24. The molecule has 0 fully saturated rings. The van der Waals surface area contributed by atoms with Gasteiger partial charge in [0.25, 0.3) is 5.91 Å². The van der Waals surface area contributed by atoms with E-state index in [0.717, 1.165) is 16.7 Å². The molecule has 1 N–H and O–H groups in total. The summed E-state index contributed by atoms with van der Waals surface area (Å²) in [6.45, 7) is 1.73. The summed E-state index contributed by atoms with van der Waals surface area (Å²) >= 11 is 0. The van der Waals surface area contributed by atoms with Crippen LogP contribution in [0.2, 0.25) is 0 Å². The Morgan fingerprint density at radius 1 is 0.833 bits per heavy atom. The molecular formula is C39H41N5O4. The van der Waals surface area contributed by atoms with Gasteiger partial charge in [-0.3, -0.25) is 14.5 Å². The lowest BCUT2D eigenvalue weighted by Crippen LogP contribution is -2.52. The van der Waals surface area contributed by atoms with Crippen LogP contribution in [-0.4, -0.2) is 84.3 Å². The van der Waals surface area contributed by atoms with Crippen LogP contribution in [0, 0.1) is 0 Å². The SMILES string of the molecule is CN(C)CCN(Cc1ccccc1)C(=O)[C@H](Cc1ccccc1)N1CC2=C(C1=O)[C@@H](c1cccc(Oc3ccccc3)c1)NC(=O)N2C. The molecule has 48 heavy (non-hydrogen) atoms. The van der Waals surface area contributed by atoms with Crippen LogP contribution in [0.1, 0.15) is 22.7 Å². The molecule has 2 heterocycles. The Hall–Kier alpha value is -5.41. The van der Waals surface area contributed by atoms with Gasteiger partial charge in [-0.05, 0) is 55.1 Å². The quantitative estimate of drug-likeness (QED) is 0.221. The number of likely N-dealkylation sites (N-methyl/N-ethyl adjacent to an activating group) is 2. The predicted molar refractivity (Wildman–Crippen MR) is 185 cm³/mol. The van der Waals surface area contributed by atoms with Crippen molar-refractivity contribution >= 4 is 17.8 Å². The first-order chi connectivity index (χ1) is 23.3. The summed E-state index contributed by atoms with van der Waals surface area (Å²) < 4.78 is 6.08. The van der Waals surface area contributed by atoms with E-state index in [1.807, 2.05) is 139 Å². The molecule has 246 valence electrons. The van der Waals surface area contributed by atoms with E-state index in [9.17, 15) is 14.4 Å². The van der Waals surface area contributed by atoms with Crippen LogP contribution in [0.15, 0.2) is 127 Å². The highest BCUT2D eigenvalue weighted by Gasteiger charge is 2.47. The van der Waals surface area contributed by atoms with Gasteiger partial charge in [-0.1, -0.05) is 91.0 Å². The zero-order valence-electron chi connectivity index (χ0n) is 27.6. The maximum Gasteiger partial charge on any atom is 0.322 e. The number of ether oxygens (including phenoxy) is 1. The Labute approximate surface area is 282 Å². The number of para-hydroxylation sites is 1. The third kappa shape index (κ3) is 7.26. The van der Waals surface area contributed by atoms with Crippen LogP contribution in [0.5, 0.6) is 11.5 Å². The lowest BCUT2D eigenvalue weighted by molar-refractivity contribution is -0.143. The van der Waals surface area contributed by atoms with Crippen molar-refractivity contribution in [3.8, 4) is 11.5 Å². The Morgan fingerprint density at radius 3 is 2.12 bits per heavy atom. The number of carbonyl (C=O) groups is 3. The van der Waals surface area contributed by atoms with E-state index >= 15 is 0 Å². The van der Waals surface area contributed by atoms with Gasteiger partial charge in [0.1, 0.15) is 17.5 Å². The Morgan fingerprint density at radius 2 is 1.46 bits per heavy atom. The number of hydrogen-bond donors (Lipinski definition) is 1. The predicted octanol–water partition coefficient (Wildman–Crippen LogP) is 5.47. The highest BCUT2D eigenvalue weighted by molar-refractivity contribution is 6.03. The van der Waals surface area contributed by atoms with Gasteiger partial charge in [-0.15, -0.1) is 0 Å². The Bertz CT molecular complexity index is 1780. The summed E-state index contributed by atoms with van der Waals surface area (Å²) in [4.78, 5) is 49.7. The number of hydrogen-bond acceptors (Lipinski definition) is 5. The summed E-state index contributed by atoms with van der Waals surface area (Å²) in [5, 5.41) is 3.03. The smallest absolute Gasteiger partial charge is 0.322 e. The first kappa shape index (κ1) is 32.5. The molecule has 0 saturated heterocycles. The highest BCUT2D eigenvalue weighted by Crippen LogP contribution is 2.38. The van der Waals surface area contributed by atoms with Crippen molar-refractivity contribution in [2.24, 2.45) is 0 Å². The minimum atomic E-state index is -0.784. The van der Waals surface area contributed by atoms with Crippen LogP contribution >= 0.6 is 0 Å². The largest absolute Gasteiger partial charge is 0.457 e. The first-order valence-corrected chi connectivity index (χ1v) is 16.2. The van der Waals surface area contributed by atoms with Gasteiger partial charge in [-0.25, -0.2) is 4.79 Å². The average Bonchev–Trinajstić information content (AvgIpc) is 3.45. The lowest BCUT2D eigenvalue weighted by Gasteiger charge is -2.34. The van der Waals surface area contributed by atoms with E-state index in [1.165, 1.54) is 4.90 Å². The lowest BCUT2D eigenvalue weighted by atomic mass is 9.95. The maximum atomic E-state index is 14.7. The van der Waals surface area contributed by atoms with Gasteiger partial charge in [0.15, 0.2) is 0 Å². The molecule has 0 aliphatic carbocycles. The Kier molecular flexibility index (Phi) is 9.87. The van der Waals surface area contributed by atoms with E-state index in [1.54, 1.807) is 11.9 Å². The first-order valence-electron chi connectivity index (χ1n) is 16.2. The third-order valence-electron chi connectivity index (χ3n) is 8.84. The van der Waals surface area contributed by atoms with E-state index in [4.69, 9.17) is 4.74 Å². The second kappa shape index (κ2) is 14.6. The zero-order valence-corrected chi connectivity index (χ0v) is 27.6. The molecule has 2 aliphatic rings. The molecule has 4 aromatic carbocycles. The van der Waals surface area contributed by atoms with E-state index < -0.39 is 12.1 Å². The van der Waals surface area contributed by atoms with Gasteiger partial charge in [-0.2, -0.15) is 0 Å². The van der Waals surface area contributed by atoms with Crippen LogP contribution in [-0.2, 0) is 22.6 Å². The van der Waals surface area contributed by atoms with Gasteiger partial charge >= 0.3 is 6.03 Å². The van der Waals surface area contributed by atoms with Gasteiger partial charge in [0.05, 0.1) is 23.9 Å². The fourth-order valence-electron chi connectivity index (χ4n) is 6.24. The molecule has 2 atom stereocenters. The highest BCUT2D eigenvalue weighted by atomic mass is 16.5. The van der Waals surface area contributed by atoms with Crippen molar-refractivity contribution in [1.29, 1.82) is 0 Å². The van der Waals surface area contributed by atoms with Crippen LogP contribution in [0.25, 0.3) is 0 Å². The van der Waals surface area contributed by atoms with Gasteiger partial charge in [0.2, 0.25) is 5.91 Å². The number of carbonyl (C=O) groups excluding carboxylic acids is 3. The van der Waals surface area contributed by atoms with Crippen molar-refractivity contribution in [1.82, 2.24) is 24.9 Å². The molecule has 9 nitrogen and oxygen atoms in total. The van der Waals surface area contributed by atoms with Crippen molar-refractivity contribution < 1.29 is 19.1 Å². The average molecular weight is 644 g/mol. The molecule has 4 aromatic rings. The molecule has 0 bridgehead atoms. The van der Waals surface area contributed by atoms with Crippen molar-refractivity contribution in [3.05, 3.63) is 143 Å². The van der Waals surface area contributed by atoms with Crippen molar-refractivity contribution in [2.75, 3.05) is 40.8 Å². The molecule has 6 rings (SSSR count). The van der Waals surface area contributed by atoms with Crippen LogP contribution < -0.4 is 10.1 Å². The molecule has 0 aromatic heterocycles. The van der Waals surface area contributed by atoms with Crippen LogP contribution in [0.4, 0.5) is 4.79 Å². The monoisotopic (exact) mass is 643 g/mol. The second-order valence-electron chi connectivity index (χ2n) is 12.5. The second-order valence-corrected chi connectivity index (χ2v) is 12.5. The molecule has 0 saturated carbocycles. The zero-order chi connectivity index (χ0) is 33.6. The van der Waals surface area contributed by atoms with E-state index in [0.29, 0.717) is 48.8 Å². The topological polar surface area (TPSA) is 85.4 Å². The summed E-state index contributed by atoms with van der Waals surface area (Å²) in [5.41, 5.74) is 3.74. The number of amides is 4. The van der Waals surface area contributed by atoms with Crippen molar-refractivity contribution in [2.45, 2.75) is 25.0 Å². The number of rotatable bonds is 12. The molecule has 0 unspecified atom stereocenters. The number of nitrogens with zero attached hydrogens (tertiary/aromatic N) is 4.